The molecule has 2 unspecified atom stereocenters. The fourth-order valence-electron chi connectivity index (χ4n) is 3.05. The van der Waals surface area contributed by atoms with Crippen molar-refractivity contribution in [3.05, 3.63) is 34.9 Å². The zero-order valence-corrected chi connectivity index (χ0v) is 15.5. The highest BCUT2D eigenvalue weighted by Crippen LogP contribution is 2.20. The van der Waals surface area contributed by atoms with E-state index in [0.29, 0.717) is 36.6 Å². The lowest BCUT2D eigenvalue weighted by molar-refractivity contribution is -0.126. The van der Waals surface area contributed by atoms with E-state index in [1.54, 1.807) is 29.2 Å². The number of nitrogens with zero attached hydrogens (tertiary/aromatic N) is 1. The van der Waals surface area contributed by atoms with Gasteiger partial charge >= 0.3 is 0 Å². The van der Waals surface area contributed by atoms with Gasteiger partial charge in [-0.3, -0.25) is 9.59 Å². The van der Waals surface area contributed by atoms with Crippen LogP contribution in [0.25, 0.3) is 0 Å². The number of piperidine rings is 1. The van der Waals surface area contributed by atoms with Gasteiger partial charge in [-0.1, -0.05) is 18.5 Å². The number of carbonyl (C=O) groups excluding carboxylic acids is 2. The second-order valence-corrected chi connectivity index (χ2v) is 7.03. The van der Waals surface area contributed by atoms with Gasteiger partial charge in [-0.15, -0.1) is 0 Å². The van der Waals surface area contributed by atoms with E-state index in [9.17, 15) is 14.7 Å². The van der Waals surface area contributed by atoms with Crippen molar-refractivity contribution in [2.24, 2.45) is 5.92 Å². The van der Waals surface area contributed by atoms with Crippen LogP contribution >= 0.6 is 11.6 Å². The largest absolute Gasteiger partial charge is 0.393 e. The van der Waals surface area contributed by atoms with Crippen LogP contribution in [0.1, 0.15) is 49.4 Å². The van der Waals surface area contributed by atoms with E-state index in [0.717, 1.165) is 25.7 Å². The van der Waals surface area contributed by atoms with Crippen LogP contribution in [0.15, 0.2) is 24.3 Å². The first-order chi connectivity index (χ1) is 12.0. The normalized spacial score (nSPS) is 18.7. The molecule has 2 atom stereocenters. The minimum absolute atomic E-state index is 0.000376. The van der Waals surface area contributed by atoms with Gasteiger partial charge in [0.15, 0.2) is 0 Å². The molecule has 1 aliphatic heterocycles. The first kappa shape index (κ1) is 19.7. The molecular weight excluding hydrogens is 340 g/mol. The van der Waals surface area contributed by atoms with E-state index in [1.165, 1.54) is 0 Å². The van der Waals surface area contributed by atoms with Crippen LogP contribution in [-0.4, -0.2) is 47.6 Å². The smallest absolute Gasteiger partial charge is 0.253 e. The summed E-state index contributed by atoms with van der Waals surface area (Å²) < 4.78 is 0. The van der Waals surface area contributed by atoms with E-state index in [4.69, 9.17) is 11.6 Å². The third-order valence-electron chi connectivity index (χ3n) is 4.66. The van der Waals surface area contributed by atoms with Crippen molar-refractivity contribution < 1.29 is 14.7 Å². The highest BCUT2D eigenvalue weighted by molar-refractivity contribution is 6.30. The van der Waals surface area contributed by atoms with E-state index < -0.39 is 0 Å². The fraction of sp³-hybridized carbons (Fsp3) is 0.579. The Bertz CT molecular complexity index is 577. The van der Waals surface area contributed by atoms with Gasteiger partial charge in [0.2, 0.25) is 5.91 Å². The predicted octanol–water partition coefficient (Wildman–Crippen LogP) is 2.86. The molecule has 0 aromatic heterocycles. The van der Waals surface area contributed by atoms with Crippen molar-refractivity contribution in [2.45, 2.75) is 45.1 Å². The Morgan fingerprint density at radius 2 is 2.08 bits per heavy atom. The van der Waals surface area contributed by atoms with Gasteiger partial charge in [-0.05, 0) is 56.4 Å². The number of hydrogen-bond donors (Lipinski definition) is 2. The second-order valence-electron chi connectivity index (χ2n) is 6.59. The summed E-state index contributed by atoms with van der Waals surface area (Å²) in [5.74, 6) is -0.221. The average Bonchev–Trinajstić information content (AvgIpc) is 2.65. The molecule has 1 saturated heterocycles. The number of rotatable bonds is 7. The van der Waals surface area contributed by atoms with Gasteiger partial charge in [-0.2, -0.15) is 0 Å². The van der Waals surface area contributed by atoms with Crippen LogP contribution in [0.5, 0.6) is 0 Å². The standard InChI is InChI=1S/C19H27ClN2O3/c1-2-17(23)6-3-11-21-18(24)15-5-4-12-22(13-15)19(25)14-7-9-16(20)10-8-14/h7-10,15,17,23H,2-6,11-13H2,1H3,(H,21,24). The number of amides is 2. The predicted molar refractivity (Wildman–Crippen MR) is 98.6 cm³/mol. The number of carbonyl (C=O) groups is 2. The summed E-state index contributed by atoms with van der Waals surface area (Å²) in [6.07, 6.45) is 3.53. The molecule has 1 fully saturated rings. The molecule has 2 amide bonds. The zero-order chi connectivity index (χ0) is 18.2. The van der Waals surface area contributed by atoms with Gasteiger partial charge in [0.1, 0.15) is 0 Å². The molecule has 1 heterocycles. The maximum absolute atomic E-state index is 12.6. The highest BCUT2D eigenvalue weighted by Gasteiger charge is 2.28. The lowest BCUT2D eigenvalue weighted by Crippen LogP contribution is -2.45. The summed E-state index contributed by atoms with van der Waals surface area (Å²) in [5.41, 5.74) is 0.596. The Balaban J connectivity index is 1.82. The molecular formula is C19H27ClN2O3. The molecule has 0 radical (unpaired) electrons. The number of aliphatic hydroxyl groups is 1. The Kier molecular flexibility index (Phi) is 7.72. The molecule has 0 aliphatic carbocycles. The average molecular weight is 367 g/mol. The van der Waals surface area contributed by atoms with Gasteiger partial charge in [0.05, 0.1) is 12.0 Å². The summed E-state index contributed by atoms with van der Waals surface area (Å²) in [6.45, 7) is 3.63. The molecule has 1 aromatic carbocycles. The maximum atomic E-state index is 12.6. The minimum Gasteiger partial charge on any atom is -0.393 e. The van der Waals surface area contributed by atoms with Crippen molar-refractivity contribution in [3.63, 3.8) is 0 Å². The molecule has 0 spiro atoms. The molecule has 6 heteroatoms. The Morgan fingerprint density at radius 3 is 2.76 bits per heavy atom. The van der Waals surface area contributed by atoms with Gasteiger partial charge in [0, 0.05) is 30.2 Å². The topological polar surface area (TPSA) is 69.6 Å². The number of halogens is 1. The van der Waals surface area contributed by atoms with Crippen molar-refractivity contribution in [3.8, 4) is 0 Å². The number of likely N-dealkylation sites (tertiary alicyclic amines) is 1. The number of benzene rings is 1. The number of aliphatic hydroxyl groups excluding tert-OH is 1. The first-order valence-corrected chi connectivity index (χ1v) is 9.39. The Morgan fingerprint density at radius 1 is 1.36 bits per heavy atom. The third-order valence-corrected chi connectivity index (χ3v) is 4.91. The second kappa shape index (κ2) is 9.78. The van der Waals surface area contributed by atoms with Crippen LogP contribution in [0.4, 0.5) is 0 Å². The molecule has 2 rings (SSSR count). The number of nitrogens with one attached hydrogen (secondary N) is 1. The van der Waals surface area contributed by atoms with Gasteiger partial charge in [-0.25, -0.2) is 0 Å². The van der Waals surface area contributed by atoms with E-state index >= 15 is 0 Å². The zero-order valence-electron chi connectivity index (χ0n) is 14.7. The minimum atomic E-state index is -0.293. The molecule has 2 N–H and O–H groups in total. The summed E-state index contributed by atoms with van der Waals surface area (Å²) in [6, 6.07) is 6.84. The van der Waals surface area contributed by atoms with Gasteiger partial charge < -0.3 is 15.3 Å². The summed E-state index contributed by atoms with van der Waals surface area (Å²) in [5, 5.41) is 13.1. The molecule has 1 aliphatic rings. The Hall–Kier alpha value is -1.59. The van der Waals surface area contributed by atoms with Crippen molar-refractivity contribution >= 4 is 23.4 Å². The van der Waals surface area contributed by atoms with E-state index in [-0.39, 0.29) is 23.8 Å². The summed E-state index contributed by atoms with van der Waals surface area (Å²) in [4.78, 5) is 26.7. The molecule has 1 aromatic rings. The maximum Gasteiger partial charge on any atom is 0.253 e. The van der Waals surface area contributed by atoms with Crippen LogP contribution < -0.4 is 5.32 Å². The molecule has 138 valence electrons. The molecule has 25 heavy (non-hydrogen) atoms. The molecule has 5 nitrogen and oxygen atoms in total. The lowest BCUT2D eigenvalue weighted by atomic mass is 9.96. The van der Waals surface area contributed by atoms with E-state index in [1.807, 2.05) is 6.92 Å². The lowest BCUT2D eigenvalue weighted by Gasteiger charge is -2.32. The SMILES string of the molecule is CCC(O)CCCNC(=O)C1CCCN(C(=O)c2ccc(Cl)cc2)C1. The van der Waals surface area contributed by atoms with Crippen LogP contribution in [-0.2, 0) is 4.79 Å². The molecule has 0 saturated carbocycles. The van der Waals surface area contributed by atoms with E-state index in [2.05, 4.69) is 5.32 Å². The fourth-order valence-corrected chi connectivity index (χ4v) is 3.17. The van der Waals surface area contributed by atoms with Crippen molar-refractivity contribution in [1.82, 2.24) is 10.2 Å². The quantitative estimate of drug-likeness (QED) is 0.729. The summed E-state index contributed by atoms with van der Waals surface area (Å²) >= 11 is 5.86. The third kappa shape index (κ3) is 6.01. The first-order valence-electron chi connectivity index (χ1n) is 9.02. The highest BCUT2D eigenvalue weighted by atomic mass is 35.5. The van der Waals surface area contributed by atoms with Crippen LogP contribution in [0, 0.1) is 5.92 Å². The van der Waals surface area contributed by atoms with Crippen molar-refractivity contribution in [1.29, 1.82) is 0 Å². The van der Waals surface area contributed by atoms with Crippen LogP contribution in [0.3, 0.4) is 0 Å². The summed E-state index contributed by atoms with van der Waals surface area (Å²) in [7, 11) is 0. The number of hydrogen-bond acceptors (Lipinski definition) is 3. The molecule has 0 bridgehead atoms. The monoisotopic (exact) mass is 366 g/mol. The van der Waals surface area contributed by atoms with Crippen molar-refractivity contribution in [2.75, 3.05) is 19.6 Å². The van der Waals surface area contributed by atoms with Gasteiger partial charge in [0.25, 0.3) is 5.91 Å². The van der Waals surface area contributed by atoms with Crippen LogP contribution in [0.2, 0.25) is 5.02 Å². The Labute approximate surface area is 154 Å².